The molecule has 0 unspecified atom stereocenters. The van der Waals surface area contributed by atoms with Gasteiger partial charge in [0.25, 0.3) is 0 Å². The number of hydrogen-bond donors (Lipinski definition) is 1. The molecule has 0 atom stereocenters. The molecule has 0 aromatic carbocycles. The van der Waals surface area contributed by atoms with Crippen molar-refractivity contribution in [3.05, 3.63) is 35.0 Å². The van der Waals surface area contributed by atoms with E-state index in [1.165, 1.54) is 11.3 Å². The molecule has 2 heterocycles. The SMILES string of the molecule is Cc1ccnc(-c2nc(CCC(=O)O)cs2)c1. The number of carboxylic acid groups (broad SMARTS) is 1. The number of carbonyl (C=O) groups is 1. The lowest BCUT2D eigenvalue weighted by Crippen LogP contribution is -1.97. The Bertz CT molecular complexity index is 537. The molecule has 88 valence electrons. The van der Waals surface area contributed by atoms with Crippen molar-refractivity contribution in [3.63, 3.8) is 0 Å². The predicted molar refractivity (Wildman–Crippen MR) is 66.0 cm³/mol. The molecule has 5 heteroatoms. The van der Waals surface area contributed by atoms with E-state index in [1.54, 1.807) is 6.20 Å². The number of aryl methyl sites for hydroxylation is 2. The average molecular weight is 248 g/mol. The molecule has 17 heavy (non-hydrogen) atoms. The fourth-order valence-corrected chi connectivity index (χ4v) is 2.25. The van der Waals surface area contributed by atoms with Gasteiger partial charge in [-0.05, 0) is 24.6 Å². The van der Waals surface area contributed by atoms with E-state index in [0.29, 0.717) is 6.42 Å². The fourth-order valence-electron chi connectivity index (χ4n) is 1.43. The summed E-state index contributed by atoms with van der Waals surface area (Å²) < 4.78 is 0. The number of nitrogens with zero attached hydrogens (tertiary/aromatic N) is 2. The molecule has 2 aromatic heterocycles. The quantitative estimate of drug-likeness (QED) is 0.903. The maximum atomic E-state index is 10.5. The van der Waals surface area contributed by atoms with Gasteiger partial charge in [0.2, 0.25) is 0 Å². The number of carboxylic acids is 1. The summed E-state index contributed by atoms with van der Waals surface area (Å²) in [6.45, 7) is 2.00. The molecule has 0 fully saturated rings. The third-order valence-electron chi connectivity index (χ3n) is 2.28. The van der Waals surface area contributed by atoms with Gasteiger partial charge in [-0.25, -0.2) is 4.98 Å². The van der Waals surface area contributed by atoms with Crippen molar-refractivity contribution in [1.82, 2.24) is 9.97 Å². The molecule has 2 rings (SSSR count). The Morgan fingerprint density at radius 2 is 2.35 bits per heavy atom. The van der Waals surface area contributed by atoms with Crippen LogP contribution in [0.1, 0.15) is 17.7 Å². The first-order chi connectivity index (χ1) is 8.15. The van der Waals surface area contributed by atoms with Gasteiger partial charge in [0.05, 0.1) is 17.8 Å². The number of rotatable bonds is 4. The Morgan fingerprint density at radius 1 is 1.53 bits per heavy atom. The molecule has 0 bridgehead atoms. The van der Waals surface area contributed by atoms with Crippen LogP contribution in [0.15, 0.2) is 23.7 Å². The first-order valence-corrected chi connectivity index (χ1v) is 6.12. The summed E-state index contributed by atoms with van der Waals surface area (Å²) in [4.78, 5) is 19.1. The number of aromatic nitrogens is 2. The van der Waals surface area contributed by atoms with Crippen LogP contribution in [-0.2, 0) is 11.2 Å². The highest BCUT2D eigenvalue weighted by Crippen LogP contribution is 2.22. The van der Waals surface area contributed by atoms with Crippen molar-refractivity contribution >= 4 is 17.3 Å². The van der Waals surface area contributed by atoms with E-state index in [1.807, 2.05) is 24.4 Å². The summed E-state index contributed by atoms with van der Waals surface area (Å²) >= 11 is 1.50. The van der Waals surface area contributed by atoms with E-state index in [2.05, 4.69) is 9.97 Å². The lowest BCUT2D eigenvalue weighted by Gasteiger charge is -1.96. The Balaban J connectivity index is 2.15. The van der Waals surface area contributed by atoms with Crippen LogP contribution >= 0.6 is 11.3 Å². The van der Waals surface area contributed by atoms with Crippen LogP contribution in [0.3, 0.4) is 0 Å². The van der Waals surface area contributed by atoms with E-state index < -0.39 is 5.97 Å². The van der Waals surface area contributed by atoms with Crippen molar-refractivity contribution < 1.29 is 9.90 Å². The zero-order valence-electron chi connectivity index (χ0n) is 9.38. The molecule has 0 radical (unpaired) electrons. The summed E-state index contributed by atoms with van der Waals surface area (Å²) in [5.74, 6) is -0.798. The third-order valence-corrected chi connectivity index (χ3v) is 3.19. The fraction of sp³-hybridized carbons (Fsp3) is 0.250. The van der Waals surface area contributed by atoms with Gasteiger partial charge in [-0.2, -0.15) is 0 Å². The third kappa shape index (κ3) is 3.10. The first kappa shape index (κ1) is 11.7. The molecule has 0 saturated carbocycles. The second-order valence-electron chi connectivity index (χ2n) is 3.76. The Labute approximate surface area is 103 Å². The Kier molecular flexibility index (Phi) is 3.49. The second-order valence-corrected chi connectivity index (χ2v) is 4.61. The maximum Gasteiger partial charge on any atom is 0.303 e. The van der Waals surface area contributed by atoms with Crippen molar-refractivity contribution in [2.45, 2.75) is 19.8 Å². The highest BCUT2D eigenvalue weighted by atomic mass is 32.1. The number of thiazole rings is 1. The van der Waals surface area contributed by atoms with Crippen molar-refractivity contribution in [3.8, 4) is 10.7 Å². The smallest absolute Gasteiger partial charge is 0.303 e. The van der Waals surface area contributed by atoms with Crippen LogP contribution in [0, 0.1) is 6.92 Å². The Hall–Kier alpha value is -1.75. The van der Waals surface area contributed by atoms with Gasteiger partial charge < -0.3 is 5.11 Å². The van der Waals surface area contributed by atoms with Gasteiger partial charge in [-0.15, -0.1) is 11.3 Å². The zero-order valence-corrected chi connectivity index (χ0v) is 10.2. The molecule has 0 saturated heterocycles. The van der Waals surface area contributed by atoms with Gasteiger partial charge >= 0.3 is 5.97 Å². The van der Waals surface area contributed by atoms with Crippen LogP contribution in [0.4, 0.5) is 0 Å². The normalized spacial score (nSPS) is 10.4. The van der Waals surface area contributed by atoms with E-state index in [0.717, 1.165) is 22.0 Å². The van der Waals surface area contributed by atoms with Gasteiger partial charge in [0.15, 0.2) is 0 Å². The average Bonchev–Trinajstić information content (AvgIpc) is 2.75. The Morgan fingerprint density at radius 3 is 3.06 bits per heavy atom. The zero-order chi connectivity index (χ0) is 12.3. The molecule has 2 aromatic rings. The molecular weight excluding hydrogens is 236 g/mol. The van der Waals surface area contributed by atoms with Crippen LogP contribution < -0.4 is 0 Å². The van der Waals surface area contributed by atoms with Crippen LogP contribution in [0.5, 0.6) is 0 Å². The summed E-state index contributed by atoms with van der Waals surface area (Å²) in [6, 6.07) is 3.91. The lowest BCUT2D eigenvalue weighted by atomic mass is 10.2. The van der Waals surface area contributed by atoms with Crippen molar-refractivity contribution in [2.24, 2.45) is 0 Å². The van der Waals surface area contributed by atoms with Crippen LogP contribution in [0.25, 0.3) is 10.7 Å². The van der Waals surface area contributed by atoms with E-state index in [-0.39, 0.29) is 6.42 Å². The highest BCUT2D eigenvalue weighted by molar-refractivity contribution is 7.13. The van der Waals surface area contributed by atoms with Crippen LogP contribution in [0.2, 0.25) is 0 Å². The van der Waals surface area contributed by atoms with Gasteiger partial charge in [0.1, 0.15) is 5.01 Å². The van der Waals surface area contributed by atoms with E-state index in [9.17, 15) is 4.79 Å². The minimum Gasteiger partial charge on any atom is -0.481 e. The highest BCUT2D eigenvalue weighted by Gasteiger charge is 2.07. The van der Waals surface area contributed by atoms with Gasteiger partial charge in [-0.3, -0.25) is 9.78 Å². The second kappa shape index (κ2) is 5.05. The largest absolute Gasteiger partial charge is 0.481 e. The monoisotopic (exact) mass is 248 g/mol. The molecule has 0 aliphatic heterocycles. The van der Waals surface area contributed by atoms with Crippen molar-refractivity contribution in [2.75, 3.05) is 0 Å². The molecular formula is C12H12N2O2S. The summed E-state index contributed by atoms with van der Waals surface area (Å²) in [5, 5.41) is 11.3. The van der Waals surface area contributed by atoms with Crippen molar-refractivity contribution in [1.29, 1.82) is 0 Å². The minimum absolute atomic E-state index is 0.115. The van der Waals surface area contributed by atoms with E-state index >= 15 is 0 Å². The summed E-state index contributed by atoms with van der Waals surface area (Å²) in [6.07, 6.45) is 2.34. The van der Waals surface area contributed by atoms with Gasteiger partial charge in [-0.1, -0.05) is 0 Å². The molecule has 0 amide bonds. The summed E-state index contributed by atoms with van der Waals surface area (Å²) in [7, 11) is 0. The molecule has 4 nitrogen and oxygen atoms in total. The van der Waals surface area contributed by atoms with E-state index in [4.69, 9.17) is 5.11 Å². The first-order valence-electron chi connectivity index (χ1n) is 5.24. The summed E-state index contributed by atoms with van der Waals surface area (Å²) in [5.41, 5.74) is 2.80. The molecule has 0 spiro atoms. The molecule has 0 aliphatic carbocycles. The van der Waals surface area contributed by atoms with Gasteiger partial charge in [0, 0.05) is 18.0 Å². The molecule has 0 aliphatic rings. The number of aliphatic carboxylic acids is 1. The minimum atomic E-state index is -0.798. The topological polar surface area (TPSA) is 63.1 Å². The molecule has 1 N–H and O–H groups in total. The number of pyridine rings is 1. The van der Waals surface area contributed by atoms with Crippen LogP contribution in [-0.4, -0.2) is 21.0 Å². The maximum absolute atomic E-state index is 10.5. The standard InChI is InChI=1S/C12H12N2O2S/c1-8-4-5-13-10(6-8)12-14-9(7-17-12)2-3-11(15)16/h4-7H,2-3H2,1H3,(H,15,16). The lowest BCUT2D eigenvalue weighted by molar-refractivity contribution is -0.136. The predicted octanol–water partition coefficient (Wildman–Crippen LogP) is 2.53. The number of hydrogen-bond acceptors (Lipinski definition) is 4.